The molecule has 0 aromatic heterocycles. The second-order valence-corrected chi connectivity index (χ2v) is 7.22. The van der Waals surface area contributed by atoms with Crippen LogP contribution < -0.4 is 38.1 Å². The second kappa shape index (κ2) is 9.36. The van der Waals surface area contributed by atoms with Crippen molar-refractivity contribution < 1.29 is 39.2 Å². The SMILES string of the molecule is NCC(=O)N[C@@H]1[C@H](O)[C@@H](OC(N)=O)[C@@H](CO)O[C@H]1NC1N[C@@H]2[C@H](O)CNC(=O)[C@H]2N1. The molecule has 170 valence electrons. The van der Waals surface area contributed by atoms with E-state index in [1.165, 1.54) is 0 Å². The summed E-state index contributed by atoms with van der Waals surface area (Å²) in [4.78, 5) is 35.0. The number of piperidine rings is 1. The number of nitrogens with one attached hydrogen (secondary N) is 5. The monoisotopic (exact) mass is 433 g/mol. The van der Waals surface area contributed by atoms with E-state index in [0.29, 0.717) is 0 Å². The van der Waals surface area contributed by atoms with Gasteiger partial charge in [0, 0.05) is 6.54 Å². The fourth-order valence-electron chi connectivity index (χ4n) is 3.82. The molecular weight excluding hydrogens is 406 g/mol. The van der Waals surface area contributed by atoms with Crippen LogP contribution in [0.5, 0.6) is 0 Å². The number of hydrogen-bond donors (Lipinski definition) is 10. The number of fused-ring (bicyclic) bond motifs is 1. The van der Waals surface area contributed by atoms with Gasteiger partial charge in [0.1, 0.15) is 30.8 Å². The largest absolute Gasteiger partial charge is 0.441 e. The van der Waals surface area contributed by atoms with Gasteiger partial charge < -0.3 is 46.9 Å². The first-order valence-electron chi connectivity index (χ1n) is 9.39. The first-order chi connectivity index (χ1) is 14.2. The van der Waals surface area contributed by atoms with Gasteiger partial charge in [-0.15, -0.1) is 0 Å². The molecule has 3 aliphatic rings. The number of rotatable bonds is 6. The molecule has 0 aliphatic carbocycles. The Balaban J connectivity index is 1.76. The normalized spacial score (nSPS) is 40.9. The summed E-state index contributed by atoms with van der Waals surface area (Å²) in [5, 5.41) is 44.3. The fourth-order valence-corrected chi connectivity index (χ4v) is 3.82. The molecule has 15 nitrogen and oxygen atoms in total. The zero-order valence-electron chi connectivity index (χ0n) is 15.9. The maximum Gasteiger partial charge on any atom is 0.404 e. The third-order valence-electron chi connectivity index (χ3n) is 5.24. The van der Waals surface area contributed by atoms with E-state index in [1.54, 1.807) is 0 Å². The Morgan fingerprint density at radius 3 is 2.63 bits per heavy atom. The van der Waals surface area contributed by atoms with Gasteiger partial charge in [0.15, 0.2) is 6.10 Å². The average Bonchev–Trinajstić information content (AvgIpc) is 3.14. The fraction of sp³-hybridized carbons (Fsp3) is 0.800. The van der Waals surface area contributed by atoms with Crippen LogP contribution in [-0.4, -0.2) is 108 Å². The van der Waals surface area contributed by atoms with E-state index in [1.807, 2.05) is 0 Å². The van der Waals surface area contributed by atoms with E-state index >= 15 is 0 Å². The van der Waals surface area contributed by atoms with Crippen LogP contribution in [0.1, 0.15) is 0 Å². The van der Waals surface area contributed by atoms with Gasteiger partial charge in [-0.3, -0.25) is 25.5 Å². The average molecular weight is 433 g/mol. The van der Waals surface area contributed by atoms with E-state index < -0.39 is 73.7 Å². The van der Waals surface area contributed by atoms with Crippen molar-refractivity contribution in [1.82, 2.24) is 26.6 Å². The van der Waals surface area contributed by atoms with Crippen molar-refractivity contribution >= 4 is 17.9 Å². The minimum absolute atomic E-state index is 0.0912. The summed E-state index contributed by atoms with van der Waals surface area (Å²) in [7, 11) is 0. The summed E-state index contributed by atoms with van der Waals surface area (Å²) in [5.41, 5.74) is 10.3. The Bertz CT molecular complexity index is 669. The smallest absolute Gasteiger partial charge is 0.404 e. The number of amides is 3. The summed E-state index contributed by atoms with van der Waals surface area (Å²) < 4.78 is 10.5. The topological polar surface area (TPSA) is 243 Å². The zero-order chi connectivity index (χ0) is 22.0. The third kappa shape index (κ3) is 4.62. The van der Waals surface area contributed by atoms with Gasteiger partial charge in [-0.05, 0) is 0 Å². The lowest BCUT2D eigenvalue weighted by Crippen LogP contribution is -2.71. The molecule has 1 unspecified atom stereocenters. The van der Waals surface area contributed by atoms with Gasteiger partial charge in [-0.25, -0.2) is 4.79 Å². The third-order valence-corrected chi connectivity index (χ3v) is 5.24. The minimum atomic E-state index is -1.51. The van der Waals surface area contributed by atoms with Crippen molar-refractivity contribution in [2.75, 3.05) is 19.7 Å². The number of aliphatic hydroxyl groups is 3. The quantitative estimate of drug-likeness (QED) is 0.188. The summed E-state index contributed by atoms with van der Waals surface area (Å²) in [6.45, 7) is -0.909. The van der Waals surface area contributed by atoms with Crippen molar-refractivity contribution in [2.24, 2.45) is 11.5 Å². The van der Waals surface area contributed by atoms with Gasteiger partial charge in [-0.1, -0.05) is 0 Å². The molecule has 3 aliphatic heterocycles. The van der Waals surface area contributed by atoms with E-state index in [4.69, 9.17) is 20.9 Å². The van der Waals surface area contributed by atoms with Crippen LogP contribution in [-0.2, 0) is 19.1 Å². The summed E-state index contributed by atoms with van der Waals surface area (Å²) in [5.74, 6) is -0.923. The van der Waals surface area contributed by atoms with Gasteiger partial charge in [0.2, 0.25) is 11.8 Å². The number of ether oxygens (including phenoxy) is 2. The van der Waals surface area contributed by atoms with Gasteiger partial charge in [0.05, 0.1) is 31.3 Å². The number of nitrogens with two attached hydrogens (primary N) is 2. The lowest BCUT2D eigenvalue weighted by atomic mass is 9.95. The molecule has 0 radical (unpaired) electrons. The second-order valence-electron chi connectivity index (χ2n) is 7.22. The van der Waals surface area contributed by atoms with Crippen molar-refractivity contribution in [3.63, 3.8) is 0 Å². The molecule has 3 saturated heterocycles. The van der Waals surface area contributed by atoms with Crippen molar-refractivity contribution in [1.29, 1.82) is 0 Å². The van der Waals surface area contributed by atoms with Gasteiger partial charge >= 0.3 is 6.09 Å². The summed E-state index contributed by atoms with van der Waals surface area (Å²) >= 11 is 0. The number of primary amides is 1. The molecule has 0 saturated carbocycles. The molecule has 0 aromatic rings. The number of hydrogen-bond acceptors (Lipinski definition) is 12. The Morgan fingerprint density at radius 2 is 2.03 bits per heavy atom. The number of β-amino-alcohol motifs (C(OH)–C–C–N with tert-alkyl or cyclic N) is 1. The number of carbonyl (C=O) groups excluding carboxylic acids is 3. The summed E-state index contributed by atoms with van der Waals surface area (Å²) in [6.07, 6.45) is -7.92. The van der Waals surface area contributed by atoms with E-state index in [9.17, 15) is 29.7 Å². The van der Waals surface area contributed by atoms with Crippen molar-refractivity contribution in [3.05, 3.63) is 0 Å². The predicted octanol–water partition coefficient (Wildman–Crippen LogP) is -6.73. The molecule has 30 heavy (non-hydrogen) atoms. The Morgan fingerprint density at radius 1 is 1.30 bits per heavy atom. The van der Waals surface area contributed by atoms with Crippen LogP contribution in [0.15, 0.2) is 0 Å². The molecule has 12 N–H and O–H groups in total. The Hall–Kier alpha value is -2.11. The molecule has 0 bridgehead atoms. The van der Waals surface area contributed by atoms with Crippen LogP contribution in [0.3, 0.4) is 0 Å². The van der Waals surface area contributed by atoms with Crippen LogP contribution >= 0.6 is 0 Å². The molecule has 3 rings (SSSR count). The highest BCUT2D eigenvalue weighted by Gasteiger charge is 2.50. The van der Waals surface area contributed by atoms with Crippen LogP contribution in [0.25, 0.3) is 0 Å². The van der Waals surface area contributed by atoms with E-state index in [2.05, 4.69) is 26.6 Å². The van der Waals surface area contributed by atoms with E-state index in [-0.39, 0.29) is 19.0 Å². The minimum Gasteiger partial charge on any atom is -0.441 e. The molecule has 3 amide bonds. The first-order valence-corrected chi connectivity index (χ1v) is 9.39. The molecule has 9 atom stereocenters. The molecular formula is C15H27N7O8. The molecule has 3 fully saturated rings. The standard InChI is InChI=1S/C15H27N7O8/c16-1-6(25)19-9-10(26)11(30-14(17)28)5(3-23)29-13(9)22-15-20-7-4(24)2-18-12(27)8(7)21-15/h4-5,7-11,13,15,20-24,26H,1-3,16H2,(H2,17,28)(H,18,27)(H,19,25)/t4-,5-,7-,8+,9-,10+,11+,13-,15?/m1/s1. The maximum absolute atomic E-state index is 12.0. The highest BCUT2D eigenvalue weighted by Crippen LogP contribution is 2.23. The summed E-state index contributed by atoms with van der Waals surface area (Å²) in [6, 6.07) is -2.46. The predicted molar refractivity (Wildman–Crippen MR) is 97.0 cm³/mol. The molecule has 3 heterocycles. The highest BCUT2D eigenvalue weighted by atomic mass is 16.6. The number of carbonyl (C=O) groups is 3. The zero-order valence-corrected chi connectivity index (χ0v) is 15.9. The Kier molecular flexibility index (Phi) is 7.04. The van der Waals surface area contributed by atoms with Gasteiger partial charge in [-0.2, -0.15) is 0 Å². The lowest BCUT2D eigenvalue weighted by Gasteiger charge is -2.44. The van der Waals surface area contributed by atoms with E-state index in [0.717, 1.165) is 0 Å². The molecule has 0 spiro atoms. The highest BCUT2D eigenvalue weighted by molar-refractivity contribution is 5.84. The first kappa shape index (κ1) is 22.6. The van der Waals surface area contributed by atoms with Crippen LogP contribution in [0, 0.1) is 0 Å². The molecule has 0 aromatic carbocycles. The van der Waals surface area contributed by atoms with Crippen molar-refractivity contribution in [2.45, 2.75) is 55.1 Å². The van der Waals surface area contributed by atoms with Crippen molar-refractivity contribution in [3.8, 4) is 0 Å². The van der Waals surface area contributed by atoms with Crippen LogP contribution in [0.4, 0.5) is 4.79 Å². The lowest BCUT2D eigenvalue weighted by molar-refractivity contribution is -0.204. The maximum atomic E-state index is 12.0. The number of aliphatic hydroxyl groups excluding tert-OH is 3. The van der Waals surface area contributed by atoms with Gasteiger partial charge in [0.25, 0.3) is 0 Å². The Labute approximate surface area is 170 Å². The van der Waals surface area contributed by atoms with Crippen LogP contribution in [0.2, 0.25) is 0 Å². The molecule has 15 heteroatoms.